The molecule has 0 fully saturated rings. The lowest BCUT2D eigenvalue weighted by Crippen LogP contribution is -2.22. The van der Waals surface area contributed by atoms with E-state index >= 15 is 0 Å². The first kappa shape index (κ1) is 17.1. The smallest absolute Gasteiger partial charge is 0.266 e. The molecule has 3 aromatic carbocycles. The van der Waals surface area contributed by atoms with Crippen molar-refractivity contribution < 1.29 is 0 Å². The van der Waals surface area contributed by atoms with Crippen molar-refractivity contribution in [1.82, 2.24) is 9.55 Å². The van der Waals surface area contributed by atoms with Crippen LogP contribution in [0.5, 0.6) is 0 Å². The quantitative estimate of drug-likeness (QED) is 0.412. The van der Waals surface area contributed by atoms with Gasteiger partial charge in [0.1, 0.15) is 5.82 Å². The zero-order valence-corrected chi connectivity index (χ0v) is 15.6. The zero-order chi connectivity index (χ0) is 18.3. The molecule has 6 heteroatoms. The normalized spacial score (nSPS) is 11.0. The van der Waals surface area contributed by atoms with Crippen molar-refractivity contribution in [3.8, 4) is 17.1 Å². The molecule has 4 rings (SSSR count). The van der Waals surface area contributed by atoms with Crippen molar-refractivity contribution >= 4 is 45.7 Å². The number of fused-ring (bicyclic) bond motifs is 1. The van der Waals surface area contributed by atoms with Gasteiger partial charge in [-0.15, -0.1) is 0 Å². The van der Waals surface area contributed by atoms with E-state index in [1.54, 1.807) is 18.2 Å². The number of rotatable bonds is 2. The van der Waals surface area contributed by atoms with Crippen LogP contribution in [0.2, 0.25) is 15.1 Å². The lowest BCUT2D eigenvalue weighted by atomic mass is 10.1. The minimum absolute atomic E-state index is 0.263. The van der Waals surface area contributed by atoms with Crippen LogP contribution in [0.25, 0.3) is 28.0 Å². The SMILES string of the molecule is O=c1c2cc(Cl)cc(Cl)c2nc(-c2ccccc2Cl)n1-c1ccccc1. The van der Waals surface area contributed by atoms with Crippen LogP contribution >= 0.6 is 34.8 Å². The number of hydrogen-bond acceptors (Lipinski definition) is 2. The van der Waals surface area contributed by atoms with Gasteiger partial charge >= 0.3 is 0 Å². The van der Waals surface area contributed by atoms with Gasteiger partial charge in [0.15, 0.2) is 0 Å². The highest BCUT2D eigenvalue weighted by Crippen LogP contribution is 2.31. The second kappa shape index (κ2) is 6.76. The fourth-order valence-electron chi connectivity index (χ4n) is 2.86. The molecule has 0 aliphatic carbocycles. The van der Waals surface area contributed by atoms with Gasteiger partial charge in [-0.05, 0) is 36.4 Å². The van der Waals surface area contributed by atoms with Crippen LogP contribution in [0.1, 0.15) is 0 Å². The van der Waals surface area contributed by atoms with E-state index in [9.17, 15) is 4.79 Å². The Kier molecular flexibility index (Phi) is 4.45. The van der Waals surface area contributed by atoms with Gasteiger partial charge in [0.2, 0.25) is 0 Å². The summed E-state index contributed by atoms with van der Waals surface area (Å²) in [7, 11) is 0. The zero-order valence-electron chi connectivity index (χ0n) is 13.3. The Morgan fingerprint density at radius 2 is 1.50 bits per heavy atom. The summed E-state index contributed by atoms with van der Waals surface area (Å²) in [6.45, 7) is 0. The van der Waals surface area contributed by atoms with Crippen molar-refractivity contribution in [2.45, 2.75) is 0 Å². The topological polar surface area (TPSA) is 34.9 Å². The first-order chi connectivity index (χ1) is 12.6. The second-order valence-electron chi connectivity index (χ2n) is 5.68. The molecule has 128 valence electrons. The fraction of sp³-hybridized carbons (Fsp3) is 0. The lowest BCUT2D eigenvalue weighted by molar-refractivity contribution is 0.976. The third-order valence-corrected chi connectivity index (χ3v) is 4.86. The van der Waals surface area contributed by atoms with Crippen molar-refractivity contribution in [3.63, 3.8) is 0 Å². The Hall–Kier alpha value is -2.33. The summed E-state index contributed by atoms with van der Waals surface area (Å²) < 4.78 is 1.52. The van der Waals surface area contributed by atoms with Gasteiger partial charge in [-0.3, -0.25) is 9.36 Å². The molecule has 0 bridgehead atoms. The van der Waals surface area contributed by atoms with Crippen molar-refractivity contribution in [1.29, 1.82) is 0 Å². The number of para-hydroxylation sites is 1. The van der Waals surface area contributed by atoms with Gasteiger partial charge in [-0.1, -0.05) is 65.1 Å². The average molecular weight is 402 g/mol. The van der Waals surface area contributed by atoms with Crippen LogP contribution in [-0.4, -0.2) is 9.55 Å². The monoisotopic (exact) mass is 400 g/mol. The van der Waals surface area contributed by atoms with Crippen LogP contribution < -0.4 is 5.56 Å². The molecule has 0 aliphatic rings. The van der Waals surface area contributed by atoms with Gasteiger partial charge in [-0.25, -0.2) is 4.98 Å². The maximum Gasteiger partial charge on any atom is 0.266 e. The maximum atomic E-state index is 13.3. The molecule has 0 unspecified atom stereocenters. The summed E-state index contributed by atoms with van der Waals surface area (Å²) in [5, 5.41) is 1.54. The summed E-state index contributed by atoms with van der Waals surface area (Å²) in [5.74, 6) is 0.420. The molecule has 0 spiro atoms. The minimum Gasteiger partial charge on any atom is -0.268 e. The Balaban J connectivity index is 2.19. The summed E-state index contributed by atoms with van der Waals surface area (Å²) in [6.07, 6.45) is 0. The van der Waals surface area contributed by atoms with Gasteiger partial charge in [-0.2, -0.15) is 0 Å². The standard InChI is InChI=1S/C20H11Cl3N2O/c21-12-10-15-18(17(23)11-12)24-19(14-8-4-5-9-16(14)22)25(20(15)26)13-6-2-1-3-7-13/h1-11H. The van der Waals surface area contributed by atoms with Crippen molar-refractivity contribution in [3.05, 3.63) is 92.2 Å². The molecule has 0 saturated carbocycles. The molecule has 0 radical (unpaired) electrons. The van der Waals surface area contributed by atoms with E-state index in [0.717, 1.165) is 0 Å². The largest absolute Gasteiger partial charge is 0.268 e. The third-order valence-electron chi connectivity index (χ3n) is 4.02. The Bertz CT molecular complexity index is 1190. The molecule has 1 heterocycles. The van der Waals surface area contributed by atoms with Crippen molar-refractivity contribution in [2.75, 3.05) is 0 Å². The van der Waals surface area contributed by atoms with Gasteiger partial charge in [0, 0.05) is 10.6 Å². The summed E-state index contributed by atoms with van der Waals surface area (Å²) in [5.41, 5.74) is 1.45. The molecule has 1 aromatic heterocycles. The first-order valence-electron chi connectivity index (χ1n) is 7.78. The number of benzene rings is 3. The molecule has 0 aliphatic heterocycles. The summed E-state index contributed by atoms with van der Waals surface area (Å²) in [6, 6.07) is 19.6. The van der Waals surface area contributed by atoms with E-state index in [1.807, 2.05) is 48.5 Å². The van der Waals surface area contributed by atoms with E-state index in [0.29, 0.717) is 43.0 Å². The fourth-order valence-corrected chi connectivity index (χ4v) is 3.61. The lowest BCUT2D eigenvalue weighted by Gasteiger charge is -2.15. The molecule has 4 aromatic rings. The van der Waals surface area contributed by atoms with Crippen LogP contribution in [-0.2, 0) is 0 Å². The Labute approximate surface area is 164 Å². The number of nitrogens with zero attached hydrogens (tertiary/aromatic N) is 2. The summed E-state index contributed by atoms with van der Waals surface area (Å²) in [4.78, 5) is 18.0. The molecular weight excluding hydrogens is 391 g/mol. The highest BCUT2D eigenvalue weighted by atomic mass is 35.5. The van der Waals surface area contributed by atoms with Crippen LogP contribution in [0.3, 0.4) is 0 Å². The van der Waals surface area contributed by atoms with E-state index < -0.39 is 0 Å². The molecule has 0 atom stereocenters. The minimum atomic E-state index is -0.263. The Morgan fingerprint density at radius 3 is 2.23 bits per heavy atom. The molecule has 0 N–H and O–H groups in total. The first-order valence-corrected chi connectivity index (χ1v) is 8.92. The van der Waals surface area contributed by atoms with Gasteiger partial charge in [0.25, 0.3) is 5.56 Å². The van der Waals surface area contributed by atoms with E-state index in [-0.39, 0.29) is 5.56 Å². The highest BCUT2D eigenvalue weighted by Gasteiger charge is 2.18. The molecular formula is C20H11Cl3N2O. The number of aromatic nitrogens is 2. The third kappa shape index (κ3) is 2.88. The van der Waals surface area contributed by atoms with E-state index in [2.05, 4.69) is 4.98 Å². The number of hydrogen-bond donors (Lipinski definition) is 0. The molecule has 3 nitrogen and oxygen atoms in total. The maximum absolute atomic E-state index is 13.3. The Morgan fingerprint density at radius 1 is 0.808 bits per heavy atom. The van der Waals surface area contributed by atoms with E-state index in [4.69, 9.17) is 34.8 Å². The average Bonchev–Trinajstić information content (AvgIpc) is 2.63. The molecule has 26 heavy (non-hydrogen) atoms. The predicted molar refractivity (Wildman–Crippen MR) is 108 cm³/mol. The number of halogens is 3. The highest BCUT2D eigenvalue weighted by molar-refractivity contribution is 6.38. The van der Waals surface area contributed by atoms with Crippen LogP contribution in [0.15, 0.2) is 71.5 Å². The molecule has 0 amide bonds. The van der Waals surface area contributed by atoms with Crippen molar-refractivity contribution in [2.24, 2.45) is 0 Å². The van der Waals surface area contributed by atoms with E-state index in [1.165, 1.54) is 4.57 Å². The summed E-state index contributed by atoms with van der Waals surface area (Å²) >= 11 is 18.8. The predicted octanol–water partition coefficient (Wildman–Crippen LogP) is 6.01. The van der Waals surface area contributed by atoms with Gasteiger partial charge < -0.3 is 0 Å². The van der Waals surface area contributed by atoms with Gasteiger partial charge in [0.05, 0.1) is 26.6 Å². The van der Waals surface area contributed by atoms with Crippen LogP contribution in [0, 0.1) is 0 Å². The van der Waals surface area contributed by atoms with Crippen LogP contribution in [0.4, 0.5) is 0 Å². The second-order valence-corrected chi connectivity index (χ2v) is 6.93. The molecule has 0 saturated heterocycles.